The molecule has 0 fully saturated rings. The molecule has 1 aliphatic heterocycles. The van der Waals surface area contributed by atoms with Crippen molar-refractivity contribution < 1.29 is 23.9 Å². The van der Waals surface area contributed by atoms with Crippen LogP contribution in [0.3, 0.4) is 0 Å². The average Bonchev–Trinajstić information content (AvgIpc) is 3.15. The van der Waals surface area contributed by atoms with Gasteiger partial charge in [-0.2, -0.15) is 0 Å². The van der Waals surface area contributed by atoms with Gasteiger partial charge in [0.05, 0.1) is 33.6 Å². The maximum absolute atomic E-state index is 13.3. The fourth-order valence-electron chi connectivity index (χ4n) is 4.23. The molecule has 0 bridgehead atoms. The zero-order valence-electron chi connectivity index (χ0n) is 19.0. The van der Waals surface area contributed by atoms with Gasteiger partial charge in [0.2, 0.25) is 5.78 Å². The van der Waals surface area contributed by atoms with E-state index in [4.69, 9.17) is 4.74 Å². The zero-order valence-corrected chi connectivity index (χ0v) is 19.0. The van der Waals surface area contributed by atoms with Gasteiger partial charge in [-0.3, -0.25) is 19.4 Å². The van der Waals surface area contributed by atoms with Crippen molar-refractivity contribution in [3.8, 4) is 0 Å². The number of rotatable bonds is 5. The van der Waals surface area contributed by atoms with Crippen molar-refractivity contribution in [2.24, 2.45) is 0 Å². The maximum Gasteiger partial charge on any atom is 0.338 e. The van der Waals surface area contributed by atoms with Crippen molar-refractivity contribution >= 4 is 40.2 Å². The number of fused-ring (bicyclic) bond motifs is 3. The minimum atomic E-state index is -0.968. The lowest BCUT2D eigenvalue weighted by Crippen LogP contribution is -2.29. The van der Waals surface area contributed by atoms with Crippen LogP contribution in [-0.2, 0) is 4.74 Å². The van der Waals surface area contributed by atoms with Gasteiger partial charge in [0, 0.05) is 10.9 Å². The first kappa shape index (κ1) is 22.2. The first-order valence-corrected chi connectivity index (χ1v) is 11.0. The number of hydrogen-bond donors (Lipinski definition) is 0. The van der Waals surface area contributed by atoms with E-state index < -0.39 is 23.9 Å². The molecule has 1 aromatic heterocycles. The van der Waals surface area contributed by atoms with E-state index in [9.17, 15) is 19.2 Å². The molecule has 0 saturated heterocycles. The van der Waals surface area contributed by atoms with Crippen LogP contribution in [0.4, 0.5) is 5.69 Å². The highest BCUT2D eigenvalue weighted by Crippen LogP contribution is 2.34. The summed E-state index contributed by atoms with van der Waals surface area (Å²) in [7, 11) is 0. The van der Waals surface area contributed by atoms with Crippen LogP contribution in [0.25, 0.3) is 10.9 Å². The molecule has 1 aliphatic rings. The van der Waals surface area contributed by atoms with Crippen LogP contribution in [0.15, 0.2) is 78.9 Å². The number of carbonyl (C=O) groups excluding carboxylic acids is 4. The molecule has 172 valence electrons. The minimum absolute atomic E-state index is 0.196. The molecule has 0 saturated carbocycles. The summed E-state index contributed by atoms with van der Waals surface area (Å²) in [5.74, 6) is -1.89. The van der Waals surface area contributed by atoms with Gasteiger partial charge in [0.25, 0.3) is 11.8 Å². The highest BCUT2D eigenvalue weighted by Gasteiger charge is 2.40. The summed E-state index contributed by atoms with van der Waals surface area (Å²) in [5, 5.41) is 0.617. The molecular weight excluding hydrogens is 444 g/mol. The zero-order chi connectivity index (χ0) is 24.7. The number of aromatic nitrogens is 1. The Kier molecular flexibility index (Phi) is 5.45. The van der Waals surface area contributed by atoms with Gasteiger partial charge in [-0.1, -0.05) is 48.5 Å². The number of Topliss-reactive ketones (excluding diaryl/α,β-unsaturated/α-hetero) is 1. The second kappa shape index (κ2) is 8.61. The van der Waals surface area contributed by atoms with Crippen molar-refractivity contribution in [2.75, 3.05) is 4.90 Å². The van der Waals surface area contributed by atoms with E-state index in [0.717, 1.165) is 4.90 Å². The van der Waals surface area contributed by atoms with E-state index >= 15 is 0 Å². The Labute approximate surface area is 201 Å². The van der Waals surface area contributed by atoms with E-state index in [1.807, 2.05) is 6.07 Å². The number of imide groups is 1. The number of hydrogen-bond acceptors (Lipinski definition) is 6. The third-order valence-corrected chi connectivity index (χ3v) is 5.98. The fraction of sp³-hybridized carbons (Fsp3) is 0.107. The third kappa shape index (κ3) is 3.77. The summed E-state index contributed by atoms with van der Waals surface area (Å²) in [6, 6.07) is 21.7. The minimum Gasteiger partial charge on any atom is -0.451 e. The SMILES string of the molecule is Cc1nc2ccccc2c2c1C(=O)N(c1ccc(C(=O)O[C@@H](C)C(=O)c3ccccc3)cc1)C2=O. The van der Waals surface area contributed by atoms with Gasteiger partial charge in [-0.25, -0.2) is 9.69 Å². The lowest BCUT2D eigenvalue weighted by Gasteiger charge is -2.15. The molecule has 2 amide bonds. The molecule has 1 atom stereocenters. The lowest BCUT2D eigenvalue weighted by atomic mass is 10.0. The molecule has 7 nitrogen and oxygen atoms in total. The number of aryl methyl sites for hydroxylation is 1. The molecule has 0 aliphatic carbocycles. The molecule has 0 unspecified atom stereocenters. The highest BCUT2D eigenvalue weighted by atomic mass is 16.5. The first-order chi connectivity index (χ1) is 16.9. The van der Waals surface area contributed by atoms with Crippen LogP contribution in [0.2, 0.25) is 0 Å². The molecule has 0 spiro atoms. The van der Waals surface area contributed by atoms with Crippen molar-refractivity contribution in [3.63, 3.8) is 0 Å². The Balaban J connectivity index is 1.38. The van der Waals surface area contributed by atoms with Gasteiger partial charge in [-0.05, 0) is 44.2 Å². The normalized spacial score (nSPS) is 13.6. The molecule has 0 radical (unpaired) electrons. The summed E-state index contributed by atoms with van der Waals surface area (Å²) in [6.07, 6.45) is -0.968. The summed E-state index contributed by atoms with van der Waals surface area (Å²) in [6.45, 7) is 3.22. The lowest BCUT2D eigenvalue weighted by molar-refractivity contribution is 0.0319. The van der Waals surface area contributed by atoms with E-state index in [2.05, 4.69) is 4.98 Å². The number of para-hydroxylation sites is 1. The number of nitrogens with zero attached hydrogens (tertiary/aromatic N) is 2. The van der Waals surface area contributed by atoms with Crippen molar-refractivity contribution in [1.29, 1.82) is 0 Å². The molecule has 0 N–H and O–H groups in total. The number of ketones is 1. The number of benzene rings is 3. The Morgan fingerprint density at radius 2 is 1.43 bits per heavy atom. The molecular formula is C28H20N2O5. The van der Waals surface area contributed by atoms with Crippen molar-refractivity contribution in [3.05, 3.63) is 107 Å². The van der Waals surface area contributed by atoms with Crippen LogP contribution < -0.4 is 4.90 Å². The Bertz CT molecular complexity index is 1510. The molecule has 2 heterocycles. The summed E-state index contributed by atoms with van der Waals surface area (Å²) in [5.41, 5.74) is 2.71. The van der Waals surface area contributed by atoms with E-state index in [-0.39, 0.29) is 16.9 Å². The molecule has 3 aromatic carbocycles. The monoisotopic (exact) mass is 464 g/mol. The van der Waals surface area contributed by atoms with Crippen LogP contribution in [0, 0.1) is 6.92 Å². The van der Waals surface area contributed by atoms with E-state index in [1.54, 1.807) is 55.5 Å². The number of carbonyl (C=O) groups is 4. The standard InChI is InChI=1S/C28H20N2O5/c1-16-23-24(21-10-6-7-11-22(21)29-16)27(33)30(26(23)32)20-14-12-19(13-15-20)28(34)35-17(2)25(31)18-8-4-3-5-9-18/h3-15,17H,1-2H3/t17-/m0/s1. The largest absolute Gasteiger partial charge is 0.451 e. The Morgan fingerprint density at radius 3 is 2.14 bits per heavy atom. The molecule has 35 heavy (non-hydrogen) atoms. The van der Waals surface area contributed by atoms with Crippen molar-refractivity contribution in [2.45, 2.75) is 20.0 Å². The molecule has 5 rings (SSSR count). The Morgan fingerprint density at radius 1 is 0.800 bits per heavy atom. The summed E-state index contributed by atoms with van der Waals surface area (Å²) < 4.78 is 5.33. The molecule has 7 heteroatoms. The van der Waals surface area contributed by atoms with Gasteiger partial charge in [0.1, 0.15) is 0 Å². The number of esters is 1. The van der Waals surface area contributed by atoms with Gasteiger partial charge in [-0.15, -0.1) is 0 Å². The number of amides is 2. The predicted molar refractivity (Wildman–Crippen MR) is 130 cm³/mol. The van der Waals surface area contributed by atoms with Crippen LogP contribution >= 0.6 is 0 Å². The predicted octanol–water partition coefficient (Wildman–Crippen LogP) is 4.77. The fourth-order valence-corrected chi connectivity index (χ4v) is 4.23. The van der Waals surface area contributed by atoms with E-state index in [0.29, 0.717) is 33.4 Å². The summed E-state index contributed by atoms with van der Waals surface area (Å²) >= 11 is 0. The highest BCUT2D eigenvalue weighted by molar-refractivity contribution is 6.37. The van der Waals surface area contributed by atoms with Gasteiger partial charge in [0.15, 0.2) is 6.10 Å². The first-order valence-electron chi connectivity index (χ1n) is 11.0. The quantitative estimate of drug-likeness (QED) is 0.240. The number of pyridine rings is 1. The smallest absolute Gasteiger partial charge is 0.338 e. The third-order valence-electron chi connectivity index (χ3n) is 5.98. The van der Waals surface area contributed by atoms with Crippen LogP contribution in [0.1, 0.15) is 54.0 Å². The molecule has 4 aromatic rings. The topological polar surface area (TPSA) is 93.6 Å². The van der Waals surface area contributed by atoms with E-state index in [1.165, 1.54) is 31.2 Å². The number of ether oxygens (including phenoxy) is 1. The van der Waals surface area contributed by atoms with Gasteiger partial charge >= 0.3 is 5.97 Å². The summed E-state index contributed by atoms with van der Waals surface area (Å²) in [4.78, 5) is 57.1. The second-order valence-corrected chi connectivity index (χ2v) is 8.23. The van der Waals surface area contributed by atoms with Crippen LogP contribution in [-0.4, -0.2) is 34.7 Å². The average molecular weight is 464 g/mol. The second-order valence-electron chi connectivity index (χ2n) is 8.23. The van der Waals surface area contributed by atoms with Crippen molar-refractivity contribution in [1.82, 2.24) is 4.98 Å². The Hall–Kier alpha value is -4.65. The van der Waals surface area contributed by atoms with Crippen LogP contribution in [0.5, 0.6) is 0 Å². The van der Waals surface area contributed by atoms with Gasteiger partial charge < -0.3 is 4.74 Å². The maximum atomic E-state index is 13.3. The number of anilines is 1.